The van der Waals surface area contributed by atoms with Crippen LogP contribution in [0.25, 0.3) is 0 Å². The number of hydrogen-bond acceptors (Lipinski definition) is 29. The van der Waals surface area contributed by atoms with Gasteiger partial charge in [0.2, 0.25) is 0 Å². The first kappa shape index (κ1) is 91.8. The summed E-state index contributed by atoms with van der Waals surface area (Å²) in [5.74, 6) is -3.39. The Kier molecular flexibility index (Phi) is 33.7. The summed E-state index contributed by atoms with van der Waals surface area (Å²) < 4.78 is 57.2. The molecule has 0 atom stereocenters. The van der Waals surface area contributed by atoms with Gasteiger partial charge < -0.3 is 99.0 Å². The number of amides is 4. The van der Waals surface area contributed by atoms with Crippen LogP contribution in [-0.4, -0.2) is 239 Å². The Labute approximate surface area is 681 Å². The van der Waals surface area contributed by atoms with Crippen molar-refractivity contribution in [1.29, 1.82) is 0 Å². The van der Waals surface area contributed by atoms with Gasteiger partial charge in [0.05, 0.1) is 93.2 Å². The standard InChI is InChI=1S/2C20H23N3O4.C17H23N3O6.C17H25N3O4.C8H6FNO4/c1-26-16-6-3-14(4-7-16)19(24)22-18-8-5-15(13-17(18)20(25)27-2)23-11-9-21-10-12-23;1-26-18-6-4-3-5-15(18)19(24)22-17-8-7-14(13-16(17)20(25)27-2)23-11-9-21-10-12-23;1-17(2,3)26-16(22)19-9-7-18(8-10-19)12-5-6-14(20(23)24)13(11-12)15(21)25-4;1-17(2,3)24-16(22)20-9-7-19(8-10-20)12-5-6-14(18)13(11-12)15(21)23-4;1-14-8(11)6-4-5(9)2-3-7(6)10(12)13/h2*3-8,13,21H,9-12H2,1-2H3,(H,22,24);5-6,11H,7-10H2,1-4H3;5-6,11H,7-10,18H2,1-4H3;2-4H,1H3. The molecule has 118 heavy (non-hydrogen) atoms. The summed E-state index contributed by atoms with van der Waals surface area (Å²) in [6.07, 6.45) is -0.661. The fraction of sp³-hybridized carbons (Fsp3) is 0.378. The maximum absolute atomic E-state index is 12.7. The lowest BCUT2D eigenvalue weighted by Crippen LogP contribution is -2.50. The fourth-order valence-electron chi connectivity index (χ4n) is 12.1. The van der Waals surface area contributed by atoms with Crippen molar-refractivity contribution in [2.45, 2.75) is 52.7 Å². The highest BCUT2D eigenvalue weighted by Gasteiger charge is 2.31. The van der Waals surface area contributed by atoms with E-state index in [1.165, 1.54) is 47.7 Å². The van der Waals surface area contributed by atoms with Gasteiger partial charge >= 0.3 is 42.0 Å². The molecular formula is C82H100FN13O22. The number of ether oxygens (including phenoxy) is 9. The third-order valence-corrected chi connectivity index (χ3v) is 18.2. The number of halogens is 1. The molecule has 632 valence electrons. The fourth-order valence-corrected chi connectivity index (χ4v) is 12.1. The van der Waals surface area contributed by atoms with Crippen LogP contribution in [0.4, 0.5) is 65.2 Å². The Morgan fingerprint density at radius 3 is 1.17 bits per heavy atom. The summed E-state index contributed by atoms with van der Waals surface area (Å²) in [6, 6.07) is 36.7. The Morgan fingerprint density at radius 2 is 0.763 bits per heavy atom. The molecule has 4 aliphatic rings. The number of nitrogen functional groups attached to an aromatic ring is 1. The minimum atomic E-state index is -0.934. The minimum absolute atomic E-state index is 0.0930. The Balaban J connectivity index is 0.000000206. The maximum atomic E-state index is 12.7. The molecule has 4 amide bonds. The number of nitro benzene ring substituents is 2. The number of piperazine rings is 4. The quantitative estimate of drug-likeness (QED) is 0.0186. The van der Waals surface area contributed by atoms with E-state index in [1.54, 1.807) is 108 Å². The Hall–Kier alpha value is -13.4. The number of esters is 5. The number of carbonyl (C=O) groups excluding carboxylic acids is 9. The van der Waals surface area contributed by atoms with Gasteiger partial charge in [-0.2, -0.15) is 0 Å². The van der Waals surface area contributed by atoms with Crippen LogP contribution < -0.4 is 56.1 Å². The molecule has 11 rings (SSSR count). The molecule has 0 radical (unpaired) electrons. The SMILES string of the molecule is COC(=O)c1cc(F)ccc1[N+](=O)[O-].COC(=O)c1cc(N2CCN(C(=O)OC(C)(C)C)CC2)ccc1N.COC(=O)c1cc(N2CCN(C(=O)OC(C)(C)C)CC2)ccc1[N+](=O)[O-].COC(=O)c1cc(N2CCNCC2)ccc1NC(=O)c1ccc(OC)cc1.COC(=O)c1cc(N2CCNCC2)ccc1NC(=O)c1ccccc1OC. The van der Waals surface area contributed by atoms with Gasteiger partial charge in [0, 0.05) is 151 Å². The molecule has 7 aromatic rings. The Morgan fingerprint density at radius 1 is 0.407 bits per heavy atom. The molecule has 0 saturated carbocycles. The number of nitrogens with two attached hydrogens (primary N) is 1. The Bertz CT molecular complexity index is 4700. The number of nitro groups is 2. The third-order valence-electron chi connectivity index (χ3n) is 18.2. The van der Waals surface area contributed by atoms with Crippen molar-refractivity contribution in [2.75, 3.05) is 190 Å². The van der Waals surface area contributed by atoms with Crippen LogP contribution >= 0.6 is 0 Å². The zero-order chi connectivity index (χ0) is 86.6. The molecule has 0 unspecified atom stereocenters. The van der Waals surface area contributed by atoms with Gasteiger partial charge in [0.15, 0.2) is 0 Å². The summed E-state index contributed by atoms with van der Waals surface area (Å²) in [4.78, 5) is 140. The first-order valence-corrected chi connectivity index (χ1v) is 37.2. The van der Waals surface area contributed by atoms with Crippen LogP contribution in [0.5, 0.6) is 11.5 Å². The predicted octanol–water partition coefficient (Wildman–Crippen LogP) is 10.4. The molecule has 0 aliphatic carbocycles. The van der Waals surface area contributed by atoms with E-state index in [0.29, 0.717) is 114 Å². The zero-order valence-electron chi connectivity index (χ0n) is 68.1. The molecule has 7 aromatic carbocycles. The van der Waals surface area contributed by atoms with E-state index < -0.39 is 68.0 Å². The largest absolute Gasteiger partial charge is 0.497 e. The van der Waals surface area contributed by atoms with Crippen LogP contribution in [-0.2, 0) is 33.2 Å². The molecule has 4 fully saturated rings. The highest BCUT2D eigenvalue weighted by atomic mass is 19.1. The molecular weight excluding hydrogens is 1540 g/mol. The molecule has 0 aromatic heterocycles. The highest BCUT2D eigenvalue weighted by molar-refractivity contribution is 6.10. The average molecular weight is 1640 g/mol. The number of carbonyl (C=O) groups is 9. The van der Waals surface area contributed by atoms with Crippen LogP contribution in [0.3, 0.4) is 0 Å². The molecule has 4 aliphatic heterocycles. The smallest absolute Gasteiger partial charge is 0.410 e. The number of para-hydroxylation sites is 1. The van der Waals surface area contributed by atoms with Gasteiger partial charge in [-0.15, -0.1) is 0 Å². The highest BCUT2D eigenvalue weighted by Crippen LogP contribution is 2.32. The maximum Gasteiger partial charge on any atom is 0.410 e. The number of nitrogens with one attached hydrogen (secondary N) is 4. The minimum Gasteiger partial charge on any atom is -0.497 e. The second-order valence-corrected chi connectivity index (χ2v) is 28.3. The number of benzene rings is 7. The third kappa shape index (κ3) is 26.3. The van der Waals surface area contributed by atoms with E-state index in [-0.39, 0.29) is 35.3 Å². The van der Waals surface area contributed by atoms with Crippen LogP contribution in [0.1, 0.15) is 114 Å². The number of rotatable bonds is 17. The van der Waals surface area contributed by atoms with E-state index in [1.807, 2.05) is 64.6 Å². The average Bonchev–Trinajstić information content (AvgIpc) is 0.823. The summed E-state index contributed by atoms with van der Waals surface area (Å²) in [6.45, 7) is 22.4. The van der Waals surface area contributed by atoms with Crippen molar-refractivity contribution in [3.05, 3.63) is 205 Å². The van der Waals surface area contributed by atoms with E-state index in [9.17, 15) is 67.8 Å². The summed E-state index contributed by atoms with van der Waals surface area (Å²) >= 11 is 0. The predicted molar refractivity (Wildman–Crippen MR) is 439 cm³/mol. The molecule has 36 heteroatoms. The lowest BCUT2D eigenvalue weighted by Gasteiger charge is -2.36. The van der Waals surface area contributed by atoms with E-state index in [4.69, 9.17) is 38.9 Å². The lowest BCUT2D eigenvalue weighted by atomic mass is 10.1. The van der Waals surface area contributed by atoms with Gasteiger partial charge in [-0.25, -0.2) is 38.0 Å². The van der Waals surface area contributed by atoms with Crippen LogP contribution in [0, 0.1) is 26.0 Å². The first-order valence-electron chi connectivity index (χ1n) is 37.2. The second kappa shape index (κ2) is 43.4. The molecule has 35 nitrogen and oxygen atoms in total. The van der Waals surface area contributed by atoms with Gasteiger partial charge in [-0.1, -0.05) is 12.1 Å². The summed E-state index contributed by atoms with van der Waals surface area (Å²) in [7, 11) is 9.30. The van der Waals surface area contributed by atoms with E-state index in [0.717, 1.165) is 94.7 Å². The van der Waals surface area contributed by atoms with Gasteiger partial charge in [-0.05, 0) is 157 Å². The summed E-state index contributed by atoms with van der Waals surface area (Å²) in [5.41, 5.74) is 9.98. The van der Waals surface area contributed by atoms with Gasteiger partial charge in [-0.3, -0.25) is 29.8 Å². The van der Waals surface area contributed by atoms with Crippen molar-refractivity contribution >= 4 is 105 Å². The van der Waals surface area contributed by atoms with Crippen LogP contribution in [0.2, 0.25) is 0 Å². The van der Waals surface area contributed by atoms with Crippen molar-refractivity contribution in [1.82, 2.24) is 20.4 Å². The zero-order valence-corrected chi connectivity index (χ0v) is 68.1. The van der Waals surface area contributed by atoms with Crippen molar-refractivity contribution in [2.24, 2.45) is 0 Å². The molecule has 6 N–H and O–H groups in total. The van der Waals surface area contributed by atoms with Crippen molar-refractivity contribution < 1.29 is 100 Å². The van der Waals surface area contributed by atoms with E-state index >= 15 is 0 Å². The normalized spacial score (nSPS) is 13.8. The number of nitrogens with zero attached hydrogens (tertiary/aromatic N) is 8. The molecule has 4 heterocycles. The second-order valence-electron chi connectivity index (χ2n) is 28.3. The van der Waals surface area contributed by atoms with Crippen LogP contribution in [0.15, 0.2) is 140 Å². The first-order chi connectivity index (χ1) is 56.1. The van der Waals surface area contributed by atoms with Gasteiger partial charge in [0.25, 0.3) is 23.2 Å². The number of methoxy groups -OCH3 is 7. The van der Waals surface area contributed by atoms with Crippen molar-refractivity contribution in [3.8, 4) is 11.5 Å². The van der Waals surface area contributed by atoms with E-state index in [2.05, 4.69) is 45.4 Å². The summed E-state index contributed by atoms with van der Waals surface area (Å²) in [5, 5.41) is 33.7. The monoisotopic (exact) mass is 1640 g/mol. The topological polar surface area (TPSA) is 417 Å². The number of anilines is 7. The molecule has 4 saturated heterocycles. The molecule has 0 bridgehead atoms. The lowest BCUT2D eigenvalue weighted by molar-refractivity contribution is -0.385. The molecule has 0 spiro atoms. The van der Waals surface area contributed by atoms with Crippen molar-refractivity contribution in [3.63, 3.8) is 0 Å². The number of hydrogen-bond donors (Lipinski definition) is 5. The van der Waals surface area contributed by atoms with Gasteiger partial charge in [0.1, 0.15) is 39.6 Å².